The fourth-order valence-electron chi connectivity index (χ4n) is 4.62. The maximum atomic E-state index is 13.2. The first-order valence-electron chi connectivity index (χ1n) is 11.2. The van der Waals surface area contributed by atoms with Crippen LogP contribution in [0.2, 0.25) is 0 Å². The van der Waals surface area contributed by atoms with E-state index < -0.39 is 12.1 Å². The van der Waals surface area contributed by atoms with Gasteiger partial charge in [-0.1, -0.05) is 0 Å². The first-order valence-corrected chi connectivity index (χ1v) is 11.2. The Balaban J connectivity index is 1.50. The highest BCUT2D eigenvalue weighted by Gasteiger charge is 2.49. The topological polar surface area (TPSA) is 64.0 Å². The van der Waals surface area contributed by atoms with E-state index in [9.17, 15) is 13.2 Å². The molecule has 1 aliphatic carbocycles. The number of hydrogen-bond donors (Lipinski definition) is 0. The van der Waals surface area contributed by atoms with Crippen LogP contribution in [0.15, 0.2) is 24.4 Å². The number of morpholine rings is 1. The molecule has 3 aromatic rings. The normalized spacial score (nSPS) is 23.6. The average Bonchev–Trinajstić information content (AvgIpc) is 2.73. The molecule has 1 saturated heterocycles. The van der Waals surface area contributed by atoms with Gasteiger partial charge in [0.1, 0.15) is 6.10 Å². The van der Waals surface area contributed by atoms with Gasteiger partial charge < -0.3 is 9.64 Å². The second-order valence-corrected chi connectivity index (χ2v) is 9.11. The van der Waals surface area contributed by atoms with Crippen molar-refractivity contribution in [3.05, 3.63) is 52.6 Å². The van der Waals surface area contributed by atoms with E-state index in [-0.39, 0.29) is 24.9 Å². The SMILES string of the molecule is Cc1cc([C@H]2CN(c3nc4nc(C)c(C)cc4c([C@H]4C[C@H](C(F)(F)F)C4)n3)CCO2)ccn1. The average molecular weight is 458 g/mol. The van der Waals surface area contributed by atoms with Crippen molar-refractivity contribution < 1.29 is 17.9 Å². The van der Waals surface area contributed by atoms with Gasteiger partial charge in [0.05, 0.1) is 24.8 Å². The number of rotatable bonds is 3. The fourth-order valence-corrected chi connectivity index (χ4v) is 4.62. The number of aryl methyl sites for hydroxylation is 3. The van der Waals surface area contributed by atoms with Gasteiger partial charge in [-0.3, -0.25) is 4.98 Å². The summed E-state index contributed by atoms with van der Waals surface area (Å²) in [5, 5.41) is 0.752. The van der Waals surface area contributed by atoms with Crippen LogP contribution in [0.25, 0.3) is 11.0 Å². The van der Waals surface area contributed by atoms with Crippen LogP contribution in [-0.2, 0) is 4.74 Å². The van der Waals surface area contributed by atoms with Gasteiger partial charge in [0.2, 0.25) is 5.95 Å². The smallest absolute Gasteiger partial charge is 0.370 e. The Labute approximate surface area is 190 Å². The summed E-state index contributed by atoms with van der Waals surface area (Å²) in [6, 6.07) is 5.90. The Morgan fingerprint density at radius 1 is 1.06 bits per heavy atom. The third-order valence-electron chi connectivity index (χ3n) is 6.78. The standard InChI is InChI=1S/C24H26F3N5O/c1-13-8-19-21(17-10-18(11-17)24(25,26)27)30-23(31-22(19)29-15(13)3)32-6-7-33-20(12-32)16-4-5-28-14(2)9-16/h4-5,8-9,17-18,20H,6-7,10-12H2,1-3H3/t17-,18-,20-/m1/s1. The minimum atomic E-state index is -4.16. The third-order valence-corrected chi connectivity index (χ3v) is 6.78. The fraction of sp³-hybridized carbons (Fsp3) is 0.500. The lowest BCUT2D eigenvalue weighted by Crippen LogP contribution is -2.40. The number of halogens is 3. The van der Waals surface area contributed by atoms with Crippen molar-refractivity contribution in [1.29, 1.82) is 0 Å². The first kappa shape index (κ1) is 22.0. The molecular formula is C24H26F3N5O. The molecule has 0 aromatic carbocycles. The molecule has 1 atom stereocenters. The molecule has 6 nitrogen and oxygen atoms in total. The molecule has 33 heavy (non-hydrogen) atoms. The van der Waals surface area contributed by atoms with Gasteiger partial charge in [-0.25, -0.2) is 9.97 Å². The summed E-state index contributed by atoms with van der Waals surface area (Å²) in [4.78, 5) is 20.5. The zero-order chi connectivity index (χ0) is 23.3. The molecular weight excluding hydrogens is 431 g/mol. The third kappa shape index (κ3) is 4.26. The zero-order valence-corrected chi connectivity index (χ0v) is 18.9. The van der Waals surface area contributed by atoms with E-state index in [1.807, 2.05) is 43.9 Å². The molecule has 2 fully saturated rings. The van der Waals surface area contributed by atoms with Gasteiger partial charge in [-0.05, 0) is 62.9 Å². The number of pyridine rings is 2. The highest BCUT2D eigenvalue weighted by atomic mass is 19.4. The second kappa shape index (κ2) is 8.20. The number of aromatic nitrogens is 4. The van der Waals surface area contributed by atoms with Gasteiger partial charge in [0.25, 0.3) is 0 Å². The predicted octanol–water partition coefficient (Wildman–Crippen LogP) is 4.98. The Kier molecular flexibility index (Phi) is 5.47. The van der Waals surface area contributed by atoms with E-state index in [0.717, 1.165) is 27.9 Å². The van der Waals surface area contributed by atoms with Crippen LogP contribution in [0, 0.1) is 26.7 Å². The molecule has 9 heteroatoms. The van der Waals surface area contributed by atoms with Crippen molar-refractivity contribution in [1.82, 2.24) is 19.9 Å². The van der Waals surface area contributed by atoms with Crippen LogP contribution < -0.4 is 4.90 Å². The monoisotopic (exact) mass is 457 g/mol. The molecule has 0 amide bonds. The van der Waals surface area contributed by atoms with Crippen LogP contribution >= 0.6 is 0 Å². The van der Waals surface area contributed by atoms with Crippen molar-refractivity contribution in [2.75, 3.05) is 24.6 Å². The molecule has 4 heterocycles. The Morgan fingerprint density at radius 3 is 2.58 bits per heavy atom. The highest BCUT2D eigenvalue weighted by Crippen LogP contribution is 2.50. The molecule has 3 aromatic heterocycles. The number of alkyl halides is 3. The summed E-state index contributed by atoms with van der Waals surface area (Å²) in [5.74, 6) is -1.01. The van der Waals surface area contributed by atoms with Crippen molar-refractivity contribution in [2.45, 2.75) is 51.8 Å². The summed E-state index contributed by atoms with van der Waals surface area (Å²) < 4.78 is 45.4. The van der Waals surface area contributed by atoms with Gasteiger partial charge in [0, 0.05) is 35.4 Å². The largest absolute Gasteiger partial charge is 0.391 e. The number of fused-ring (bicyclic) bond motifs is 1. The minimum absolute atomic E-state index is 0.0595. The lowest BCUT2D eigenvalue weighted by Gasteiger charge is -2.37. The quantitative estimate of drug-likeness (QED) is 0.553. The van der Waals surface area contributed by atoms with Gasteiger partial charge in [0.15, 0.2) is 5.65 Å². The minimum Gasteiger partial charge on any atom is -0.370 e. The Morgan fingerprint density at radius 2 is 1.85 bits per heavy atom. The lowest BCUT2D eigenvalue weighted by molar-refractivity contribution is -0.197. The molecule has 0 bridgehead atoms. The van der Waals surface area contributed by atoms with Crippen molar-refractivity contribution in [3.63, 3.8) is 0 Å². The molecule has 1 aliphatic heterocycles. The van der Waals surface area contributed by atoms with Gasteiger partial charge in [-0.15, -0.1) is 0 Å². The van der Waals surface area contributed by atoms with Crippen molar-refractivity contribution in [2.24, 2.45) is 5.92 Å². The molecule has 0 radical (unpaired) electrons. The van der Waals surface area contributed by atoms with E-state index in [4.69, 9.17) is 14.7 Å². The van der Waals surface area contributed by atoms with Crippen LogP contribution in [0.1, 0.15) is 53.1 Å². The first-order chi connectivity index (χ1) is 15.7. The summed E-state index contributed by atoms with van der Waals surface area (Å²) in [5.41, 5.74) is 4.99. The number of anilines is 1. The Bertz CT molecular complexity index is 1190. The van der Waals surface area contributed by atoms with Gasteiger partial charge in [-0.2, -0.15) is 18.2 Å². The van der Waals surface area contributed by atoms with E-state index >= 15 is 0 Å². The maximum absolute atomic E-state index is 13.2. The lowest BCUT2D eigenvalue weighted by atomic mass is 9.72. The summed E-state index contributed by atoms with van der Waals surface area (Å²) in [6.45, 7) is 7.45. The van der Waals surface area contributed by atoms with E-state index in [1.165, 1.54) is 0 Å². The predicted molar refractivity (Wildman–Crippen MR) is 118 cm³/mol. The summed E-state index contributed by atoms with van der Waals surface area (Å²) in [7, 11) is 0. The van der Waals surface area contributed by atoms with Crippen molar-refractivity contribution >= 4 is 17.0 Å². The molecule has 1 saturated carbocycles. The summed E-state index contributed by atoms with van der Waals surface area (Å²) in [6.07, 6.45) is -2.43. The van der Waals surface area contributed by atoms with E-state index in [2.05, 4.69) is 9.97 Å². The molecule has 0 spiro atoms. The molecule has 2 aliphatic rings. The second-order valence-electron chi connectivity index (χ2n) is 9.11. The van der Waals surface area contributed by atoms with Crippen LogP contribution in [0.3, 0.4) is 0 Å². The van der Waals surface area contributed by atoms with Crippen LogP contribution in [-0.4, -0.2) is 45.8 Å². The summed E-state index contributed by atoms with van der Waals surface area (Å²) >= 11 is 0. The van der Waals surface area contributed by atoms with Crippen molar-refractivity contribution in [3.8, 4) is 0 Å². The number of hydrogen-bond acceptors (Lipinski definition) is 6. The highest BCUT2D eigenvalue weighted by molar-refractivity contribution is 5.80. The van der Waals surface area contributed by atoms with E-state index in [1.54, 1.807) is 6.20 Å². The molecule has 174 valence electrons. The van der Waals surface area contributed by atoms with Gasteiger partial charge >= 0.3 is 6.18 Å². The zero-order valence-electron chi connectivity index (χ0n) is 18.9. The van der Waals surface area contributed by atoms with E-state index in [0.29, 0.717) is 37.0 Å². The molecule has 5 rings (SSSR count). The molecule has 0 N–H and O–H groups in total. The number of ether oxygens (including phenoxy) is 1. The Hall–Kier alpha value is -2.81. The maximum Gasteiger partial charge on any atom is 0.391 e. The van der Waals surface area contributed by atoms with Crippen LogP contribution in [0.4, 0.5) is 19.1 Å². The number of nitrogens with zero attached hydrogens (tertiary/aromatic N) is 5. The van der Waals surface area contributed by atoms with Crippen LogP contribution in [0.5, 0.6) is 0 Å². The molecule has 0 unspecified atom stereocenters.